The minimum atomic E-state index is 0.591. The van der Waals surface area contributed by atoms with E-state index in [0.29, 0.717) is 12.5 Å². The van der Waals surface area contributed by atoms with Crippen LogP contribution in [0.25, 0.3) is 16.7 Å². The summed E-state index contributed by atoms with van der Waals surface area (Å²) in [7, 11) is 0. The first-order valence-electron chi connectivity index (χ1n) is 12.2. The van der Waals surface area contributed by atoms with Gasteiger partial charge in [0.1, 0.15) is 0 Å². The summed E-state index contributed by atoms with van der Waals surface area (Å²) >= 11 is 0. The van der Waals surface area contributed by atoms with Crippen LogP contribution in [0.15, 0.2) is 126 Å². The monoisotopic (exact) mass is 454 g/mol. The van der Waals surface area contributed by atoms with E-state index in [1.54, 1.807) is 0 Å². The summed E-state index contributed by atoms with van der Waals surface area (Å²) in [6.45, 7) is 2.90. The summed E-state index contributed by atoms with van der Waals surface area (Å²) in [4.78, 5) is 4.74. The highest BCUT2D eigenvalue weighted by atomic mass is 14.9. The van der Waals surface area contributed by atoms with Crippen molar-refractivity contribution >= 4 is 23.2 Å². The Morgan fingerprint density at radius 3 is 2.51 bits per heavy atom. The number of para-hydroxylation sites is 1. The van der Waals surface area contributed by atoms with Crippen molar-refractivity contribution in [3.63, 3.8) is 0 Å². The van der Waals surface area contributed by atoms with E-state index in [1.165, 1.54) is 27.8 Å². The molecule has 0 heterocycles. The molecule has 1 unspecified atom stereocenters. The number of nitrogens with zero attached hydrogens (tertiary/aromatic N) is 1. The Balaban J connectivity index is 1.28. The molecule has 0 saturated carbocycles. The van der Waals surface area contributed by atoms with Gasteiger partial charge in [-0.2, -0.15) is 0 Å². The lowest BCUT2D eigenvalue weighted by atomic mass is 9.93. The smallest absolute Gasteiger partial charge is 0.0640 e. The zero-order valence-electron chi connectivity index (χ0n) is 20.1. The number of benzene rings is 4. The Labute approximate surface area is 208 Å². The minimum absolute atomic E-state index is 0.591. The molecule has 0 aromatic heterocycles. The van der Waals surface area contributed by atoms with Crippen molar-refractivity contribution in [3.8, 4) is 11.1 Å². The summed E-state index contributed by atoms with van der Waals surface area (Å²) in [5.41, 5.74) is 9.40. The van der Waals surface area contributed by atoms with Gasteiger partial charge in [0.15, 0.2) is 0 Å². The highest BCUT2D eigenvalue weighted by Gasteiger charge is 2.07. The lowest BCUT2D eigenvalue weighted by Crippen LogP contribution is -1.96. The molecule has 0 spiro atoms. The fourth-order valence-corrected chi connectivity index (χ4v) is 4.45. The average molecular weight is 455 g/mol. The van der Waals surface area contributed by atoms with Gasteiger partial charge in [-0.05, 0) is 64.4 Å². The van der Waals surface area contributed by atoms with E-state index in [0.717, 1.165) is 23.4 Å². The summed E-state index contributed by atoms with van der Waals surface area (Å²) < 4.78 is 0. The molecule has 1 aliphatic carbocycles. The third-order valence-corrected chi connectivity index (χ3v) is 6.22. The molecule has 0 aliphatic heterocycles. The first kappa shape index (κ1) is 22.6. The SMILES string of the molecule is CC1C=C(c2cccc(C=NCc3cccc(Nc4ccccc4-c4ccccc4)c3)c2)C=CC1. The van der Waals surface area contributed by atoms with Crippen molar-refractivity contribution in [1.82, 2.24) is 0 Å². The van der Waals surface area contributed by atoms with E-state index < -0.39 is 0 Å². The van der Waals surface area contributed by atoms with Gasteiger partial charge in [-0.25, -0.2) is 0 Å². The number of nitrogens with one attached hydrogen (secondary N) is 1. The normalized spacial score (nSPS) is 15.2. The second kappa shape index (κ2) is 10.8. The summed E-state index contributed by atoms with van der Waals surface area (Å²) in [6, 6.07) is 36.0. The first-order valence-corrected chi connectivity index (χ1v) is 12.2. The third kappa shape index (κ3) is 5.85. The van der Waals surface area contributed by atoms with Crippen LogP contribution in [0.3, 0.4) is 0 Å². The van der Waals surface area contributed by atoms with Gasteiger partial charge < -0.3 is 5.32 Å². The maximum atomic E-state index is 4.74. The molecule has 2 nitrogen and oxygen atoms in total. The molecule has 1 atom stereocenters. The van der Waals surface area contributed by atoms with Crippen LogP contribution < -0.4 is 5.32 Å². The van der Waals surface area contributed by atoms with Crippen LogP contribution >= 0.6 is 0 Å². The fourth-order valence-electron chi connectivity index (χ4n) is 4.45. The fraction of sp³-hybridized carbons (Fsp3) is 0.121. The van der Waals surface area contributed by atoms with Crippen LogP contribution in [-0.4, -0.2) is 6.21 Å². The summed E-state index contributed by atoms with van der Waals surface area (Å²) in [5, 5.41) is 3.60. The van der Waals surface area contributed by atoms with Crippen LogP contribution in [0.2, 0.25) is 0 Å². The standard InChI is InChI=1S/C33H30N2/c1-25-10-7-15-29(20-25)30-16-8-11-26(21-30)23-34-24-27-12-9-17-31(22-27)35-33-19-6-5-18-32(33)28-13-3-2-4-14-28/h2-9,11-23,25,35H,10,24H2,1H3. The maximum absolute atomic E-state index is 4.74. The predicted octanol–water partition coefficient (Wildman–Crippen LogP) is 8.70. The van der Waals surface area contributed by atoms with Crippen LogP contribution in [0.5, 0.6) is 0 Å². The minimum Gasteiger partial charge on any atom is -0.355 e. The van der Waals surface area contributed by atoms with E-state index in [2.05, 4.69) is 128 Å². The third-order valence-electron chi connectivity index (χ3n) is 6.22. The molecule has 2 heteroatoms. The molecule has 0 bridgehead atoms. The molecule has 0 radical (unpaired) electrons. The van der Waals surface area contributed by atoms with Gasteiger partial charge in [0.25, 0.3) is 0 Å². The van der Waals surface area contributed by atoms with Gasteiger partial charge in [-0.1, -0.05) is 104 Å². The molecule has 0 amide bonds. The number of hydrogen-bond acceptors (Lipinski definition) is 2. The van der Waals surface area contributed by atoms with Crippen molar-refractivity contribution in [3.05, 3.63) is 138 Å². The van der Waals surface area contributed by atoms with Gasteiger partial charge >= 0.3 is 0 Å². The number of hydrogen-bond donors (Lipinski definition) is 1. The van der Waals surface area contributed by atoms with Crippen molar-refractivity contribution in [2.24, 2.45) is 10.9 Å². The van der Waals surface area contributed by atoms with Crippen molar-refractivity contribution in [2.45, 2.75) is 19.9 Å². The van der Waals surface area contributed by atoms with E-state index in [1.807, 2.05) is 12.3 Å². The van der Waals surface area contributed by atoms with E-state index in [-0.39, 0.29) is 0 Å². The quantitative estimate of drug-likeness (QED) is 0.277. The topological polar surface area (TPSA) is 24.4 Å². The molecule has 4 aromatic rings. The predicted molar refractivity (Wildman–Crippen MR) is 150 cm³/mol. The van der Waals surface area contributed by atoms with Crippen LogP contribution in [0, 0.1) is 5.92 Å². The summed E-state index contributed by atoms with van der Waals surface area (Å²) in [6.07, 6.45) is 9.94. The molecule has 0 saturated heterocycles. The largest absolute Gasteiger partial charge is 0.355 e. The second-order valence-electron chi connectivity index (χ2n) is 9.07. The number of anilines is 2. The Kier molecular flexibility index (Phi) is 7.00. The van der Waals surface area contributed by atoms with Crippen LogP contribution in [0.1, 0.15) is 30.0 Å². The Bertz CT molecular complexity index is 1380. The molecule has 4 aromatic carbocycles. The molecular formula is C33H30N2. The van der Waals surface area contributed by atoms with Gasteiger partial charge in [-0.3, -0.25) is 4.99 Å². The lowest BCUT2D eigenvalue weighted by Gasteiger charge is -2.13. The zero-order valence-corrected chi connectivity index (χ0v) is 20.1. The second-order valence-corrected chi connectivity index (χ2v) is 9.07. The highest BCUT2D eigenvalue weighted by Crippen LogP contribution is 2.30. The van der Waals surface area contributed by atoms with Crippen LogP contribution in [0.4, 0.5) is 11.4 Å². The molecule has 1 aliphatic rings. The molecule has 35 heavy (non-hydrogen) atoms. The van der Waals surface area contributed by atoms with E-state index in [4.69, 9.17) is 4.99 Å². The molecule has 5 rings (SSSR count). The first-order chi connectivity index (χ1) is 17.2. The highest BCUT2D eigenvalue weighted by molar-refractivity contribution is 5.84. The Morgan fingerprint density at radius 2 is 1.63 bits per heavy atom. The van der Waals surface area contributed by atoms with E-state index in [9.17, 15) is 0 Å². The van der Waals surface area contributed by atoms with Crippen molar-refractivity contribution in [1.29, 1.82) is 0 Å². The molecular weight excluding hydrogens is 424 g/mol. The number of allylic oxidation sites excluding steroid dienone is 4. The Hall–Kier alpha value is -4.17. The Morgan fingerprint density at radius 1 is 0.829 bits per heavy atom. The van der Waals surface area contributed by atoms with Gasteiger partial charge in [0.2, 0.25) is 0 Å². The molecule has 0 fully saturated rings. The van der Waals surface area contributed by atoms with E-state index >= 15 is 0 Å². The van der Waals surface area contributed by atoms with Crippen LogP contribution in [-0.2, 0) is 6.54 Å². The lowest BCUT2D eigenvalue weighted by molar-refractivity contribution is 0.740. The molecule has 172 valence electrons. The average Bonchev–Trinajstić information content (AvgIpc) is 2.90. The maximum Gasteiger partial charge on any atom is 0.0640 e. The number of aliphatic imine (C=N–C) groups is 1. The summed E-state index contributed by atoms with van der Waals surface area (Å²) in [5.74, 6) is 0.591. The van der Waals surface area contributed by atoms with Crippen molar-refractivity contribution < 1.29 is 0 Å². The molecule has 1 N–H and O–H groups in total. The van der Waals surface area contributed by atoms with Gasteiger partial charge in [0, 0.05) is 23.2 Å². The zero-order chi connectivity index (χ0) is 23.9. The van der Waals surface area contributed by atoms with Gasteiger partial charge in [-0.15, -0.1) is 0 Å². The van der Waals surface area contributed by atoms with Crippen molar-refractivity contribution in [2.75, 3.05) is 5.32 Å². The van der Waals surface area contributed by atoms with Gasteiger partial charge in [0.05, 0.1) is 6.54 Å². The number of rotatable bonds is 7.